The highest BCUT2D eigenvalue weighted by atomic mass is 16.5. The predicted molar refractivity (Wildman–Crippen MR) is 76.4 cm³/mol. The van der Waals surface area contributed by atoms with Crippen molar-refractivity contribution in [3.63, 3.8) is 0 Å². The normalized spacial score (nSPS) is 32.4. The van der Waals surface area contributed by atoms with Crippen LogP contribution in [-0.4, -0.2) is 37.7 Å². The Bertz CT molecular complexity index is 357. The second-order valence-electron chi connectivity index (χ2n) is 6.89. The Hall–Kier alpha value is -0.450. The molecule has 1 saturated carbocycles. The molecule has 2 heterocycles. The van der Waals surface area contributed by atoms with E-state index in [-0.39, 0.29) is 16.9 Å². The summed E-state index contributed by atoms with van der Waals surface area (Å²) >= 11 is 0. The molecule has 1 unspecified atom stereocenters. The SMILES string of the molecule is NCC1(C(=O)C2CCOC3(CCCC3)C2)CCOCC1. The van der Waals surface area contributed by atoms with Gasteiger partial charge < -0.3 is 15.2 Å². The van der Waals surface area contributed by atoms with Crippen molar-refractivity contribution >= 4 is 5.78 Å². The van der Waals surface area contributed by atoms with Crippen LogP contribution in [0.15, 0.2) is 0 Å². The van der Waals surface area contributed by atoms with E-state index in [1.165, 1.54) is 12.8 Å². The number of rotatable bonds is 3. The van der Waals surface area contributed by atoms with E-state index in [1.807, 2.05) is 0 Å². The summed E-state index contributed by atoms with van der Waals surface area (Å²) in [7, 11) is 0. The van der Waals surface area contributed by atoms with Crippen molar-refractivity contribution in [3.8, 4) is 0 Å². The van der Waals surface area contributed by atoms with Crippen LogP contribution in [0.5, 0.6) is 0 Å². The third-order valence-electron chi connectivity index (χ3n) is 5.74. The number of Topliss-reactive ketones (excluding diaryl/α,β-unsaturated/α-hetero) is 1. The number of hydrogen-bond donors (Lipinski definition) is 1. The maximum absolute atomic E-state index is 13.1. The number of ether oxygens (including phenoxy) is 2. The monoisotopic (exact) mass is 281 g/mol. The van der Waals surface area contributed by atoms with E-state index in [0.29, 0.717) is 25.5 Å². The van der Waals surface area contributed by atoms with Gasteiger partial charge in [0.1, 0.15) is 5.78 Å². The second-order valence-corrected chi connectivity index (χ2v) is 6.89. The Morgan fingerprint density at radius 3 is 2.45 bits per heavy atom. The minimum Gasteiger partial charge on any atom is -0.381 e. The van der Waals surface area contributed by atoms with Crippen molar-refractivity contribution in [2.45, 2.75) is 57.0 Å². The van der Waals surface area contributed by atoms with Crippen molar-refractivity contribution < 1.29 is 14.3 Å². The summed E-state index contributed by atoms with van der Waals surface area (Å²) < 4.78 is 11.5. The molecule has 4 nitrogen and oxygen atoms in total. The van der Waals surface area contributed by atoms with E-state index in [9.17, 15) is 4.79 Å². The standard InChI is InChI=1S/C16H27NO3/c17-12-15(6-9-19-10-7-15)14(18)13-3-8-20-16(11-13)4-1-2-5-16/h13H,1-12,17H2. The van der Waals surface area contributed by atoms with Crippen LogP contribution in [0.4, 0.5) is 0 Å². The summed E-state index contributed by atoms with van der Waals surface area (Å²) in [5.74, 6) is 0.557. The van der Waals surface area contributed by atoms with Gasteiger partial charge in [-0.2, -0.15) is 0 Å². The minimum absolute atomic E-state index is 0.0134. The molecule has 3 aliphatic rings. The van der Waals surface area contributed by atoms with Gasteiger partial charge in [0, 0.05) is 37.7 Å². The highest BCUT2D eigenvalue weighted by molar-refractivity contribution is 5.87. The molecule has 20 heavy (non-hydrogen) atoms. The molecule has 1 spiro atoms. The molecule has 0 aromatic carbocycles. The molecular formula is C16H27NO3. The van der Waals surface area contributed by atoms with E-state index in [2.05, 4.69) is 0 Å². The van der Waals surface area contributed by atoms with Gasteiger partial charge in [-0.25, -0.2) is 0 Å². The van der Waals surface area contributed by atoms with Gasteiger partial charge in [-0.3, -0.25) is 4.79 Å². The van der Waals surface area contributed by atoms with Crippen molar-refractivity contribution in [1.29, 1.82) is 0 Å². The fourth-order valence-corrected chi connectivity index (χ4v) is 4.37. The number of carbonyl (C=O) groups is 1. The fourth-order valence-electron chi connectivity index (χ4n) is 4.37. The Morgan fingerprint density at radius 1 is 1.10 bits per heavy atom. The van der Waals surface area contributed by atoms with E-state index in [0.717, 1.165) is 45.1 Å². The van der Waals surface area contributed by atoms with Crippen molar-refractivity contribution in [2.24, 2.45) is 17.1 Å². The van der Waals surface area contributed by atoms with Crippen molar-refractivity contribution in [3.05, 3.63) is 0 Å². The molecule has 3 rings (SSSR count). The lowest BCUT2D eigenvalue weighted by Gasteiger charge is -2.42. The first-order chi connectivity index (χ1) is 9.70. The molecule has 0 aromatic rings. The zero-order valence-corrected chi connectivity index (χ0v) is 12.4. The highest BCUT2D eigenvalue weighted by Gasteiger charge is 2.47. The van der Waals surface area contributed by atoms with E-state index in [4.69, 9.17) is 15.2 Å². The molecular weight excluding hydrogens is 254 g/mol. The molecule has 1 aliphatic carbocycles. The zero-order valence-electron chi connectivity index (χ0n) is 12.4. The predicted octanol–water partition coefficient (Wildman–Crippen LogP) is 2.05. The summed E-state index contributed by atoms with van der Waals surface area (Å²) in [6.45, 7) is 2.57. The van der Waals surface area contributed by atoms with Gasteiger partial charge >= 0.3 is 0 Å². The van der Waals surface area contributed by atoms with Gasteiger partial charge in [0.25, 0.3) is 0 Å². The van der Waals surface area contributed by atoms with Crippen LogP contribution in [0, 0.1) is 11.3 Å². The highest BCUT2D eigenvalue weighted by Crippen LogP contribution is 2.45. The summed E-state index contributed by atoms with van der Waals surface area (Å²) in [6, 6.07) is 0. The summed E-state index contributed by atoms with van der Waals surface area (Å²) in [5.41, 5.74) is 5.68. The number of nitrogens with two attached hydrogens (primary N) is 1. The molecule has 4 heteroatoms. The summed E-state index contributed by atoms with van der Waals surface area (Å²) in [4.78, 5) is 13.1. The largest absolute Gasteiger partial charge is 0.381 e. The number of hydrogen-bond acceptors (Lipinski definition) is 4. The quantitative estimate of drug-likeness (QED) is 0.860. The van der Waals surface area contributed by atoms with Gasteiger partial charge in [0.05, 0.1) is 5.60 Å². The topological polar surface area (TPSA) is 61.6 Å². The van der Waals surface area contributed by atoms with Crippen molar-refractivity contribution in [1.82, 2.24) is 0 Å². The van der Waals surface area contributed by atoms with Crippen molar-refractivity contribution in [2.75, 3.05) is 26.4 Å². The molecule has 1 atom stereocenters. The Labute approximate surface area is 121 Å². The molecule has 0 radical (unpaired) electrons. The fraction of sp³-hybridized carbons (Fsp3) is 0.938. The second kappa shape index (κ2) is 5.74. The van der Waals surface area contributed by atoms with E-state index in [1.54, 1.807) is 0 Å². The summed E-state index contributed by atoms with van der Waals surface area (Å²) in [5, 5.41) is 0. The maximum Gasteiger partial charge on any atom is 0.143 e. The average molecular weight is 281 g/mol. The first kappa shape index (κ1) is 14.5. The molecule has 2 saturated heterocycles. The molecule has 0 aromatic heterocycles. The Balaban J connectivity index is 1.72. The first-order valence-corrected chi connectivity index (χ1v) is 8.16. The number of carbonyl (C=O) groups excluding carboxylic acids is 1. The van der Waals surface area contributed by atoms with Gasteiger partial charge in [-0.1, -0.05) is 12.8 Å². The van der Waals surface area contributed by atoms with Gasteiger partial charge in [-0.05, 0) is 38.5 Å². The lowest BCUT2D eigenvalue weighted by Crippen LogP contribution is -2.49. The lowest BCUT2D eigenvalue weighted by molar-refractivity contribution is -0.149. The first-order valence-electron chi connectivity index (χ1n) is 8.16. The van der Waals surface area contributed by atoms with Crippen LogP contribution in [0.3, 0.4) is 0 Å². The third kappa shape index (κ3) is 2.53. The Morgan fingerprint density at radius 2 is 1.80 bits per heavy atom. The lowest BCUT2D eigenvalue weighted by atomic mass is 9.68. The van der Waals surface area contributed by atoms with E-state index < -0.39 is 0 Å². The molecule has 2 aliphatic heterocycles. The summed E-state index contributed by atoms with van der Waals surface area (Å²) in [6.07, 6.45) is 8.16. The van der Waals surface area contributed by atoms with Gasteiger partial charge in [0.2, 0.25) is 0 Å². The number of ketones is 1. The van der Waals surface area contributed by atoms with Crippen LogP contribution < -0.4 is 5.73 Å². The van der Waals surface area contributed by atoms with Gasteiger partial charge in [0.15, 0.2) is 0 Å². The third-order valence-corrected chi connectivity index (χ3v) is 5.74. The van der Waals surface area contributed by atoms with Crippen LogP contribution in [0.25, 0.3) is 0 Å². The van der Waals surface area contributed by atoms with Crippen LogP contribution in [0.2, 0.25) is 0 Å². The van der Waals surface area contributed by atoms with Crippen LogP contribution in [0.1, 0.15) is 51.4 Å². The van der Waals surface area contributed by atoms with Crippen LogP contribution >= 0.6 is 0 Å². The van der Waals surface area contributed by atoms with Gasteiger partial charge in [-0.15, -0.1) is 0 Å². The minimum atomic E-state index is -0.319. The van der Waals surface area contributed by atoms with Crippen LogP contribution in [-0.2, 0) is 14.3 Å². The maximum atomic E-state index is 13.1. The smallest absolute Gasteiger partial charge is 0.143 e. The molecule has 3 fully saturated rings. The molecule has 0 amide bonds. The molecule has 2 N–H and O–H groups in total. The molecule has 0 bridgehead atoms. The Kier molecular flexibility index (Phi) is 4.16. The molecule has 114 valence electrons. The average Bonchev–Trinajstić information content (AvgIpc) is 2.95. The van der Waals surface area contributed by atoms with E-state index >= 15 is 0 Å². The zero-order chi connectivity index (χ0) is 14.1.